The third-order valence-corrected chi connectivity index (χ3v) is 5.05. The molecule has 0 fully saturated rings. The molecule has 31 heavy (non-hydrogen) atoms. The van der Waals surface area contributed by atoms with Gasteiger partial charge in [-0.25, -0.2) is 14.4 Å². The Balaban J connectivity index is 2.18. The molecule has 8 heteroatoms. The first-order valence-electron chi connectivity index (χ1n) is 9.63. The Kier molecular flexibility index (Phi) is 6.59. The van der Waals surface area contributed by atoms with Gasteiger partial charge in [0.15, 0.2) is 12.2 Å². The molecule has 2 heterocycles. The molecule has 1 aromatic carbocycles. The Labute approximate surface area is 184 Å². The van der Waals surface area contributed by atoms with Crippen LogP contribution in [0.5, 0.6) is 5.75 Å². The molecule has 3 rings (SSSR count). The van der Waals surface area contributed by atoms with Crippen LogP contribution in [0.15, 0.2) is 56.6 Å². The molecule has 0 saturated carbocycles. The van der Waals surface area contributed by atoms with Crippen LogP contribution in [-0.2, 0) is 19.1 Å². The summed E-state index contributed by atoms with van der Waals surface area (Å²) in [6, 6.07) is 6.37. The Morgan fingerprint density at radius 3 is 2.48 bits per heavy atom. The second-order valence-corrected chi connectivity index (χ2v) is 8.57. The van der Waals surface area contributed by atoms with Crippen LogP contribution >= 0.6 is 11.8 Å². The van der Waals surface area contributed by atoms with Crippen LogP contribution in [0, 0.1) is 0 Å². The van der Waals surface area contributed by atoms with Gasteiger partial charge in [0.2, 0.25) is 0 Å². The summed E-state index contributed by atoms with van der Waals surface area (Å²) in [6.45, 7) is 7.00. The highest BCUT2D eigenvalue weighted by atomic mass is 32.2. The summed E-state index contributed by atoms with van der Waals surface area (Å²) in [4.78, 5) is 36.9. The van der Waals surface area contributed by atoms with Crippen molar-refractivity contribution in [3.63, 3.8) is 0 Å². The Bertz CT molecular complexity index is 1120. The summed E-state index contributed by atoms with van der Waals surface area (Å²) in [5.74, 6) is -0.831. The van der Waals surface area contributed by atoms with Crippen molar-refractivity contribution in [1.82, 2.24) is 0 Å². The fourth-order valence-electron chi connectivity index (χ4n) is 3.36. The van der Waals surface area contributed by atoms with E-state index in [2.05, 4.69) is 0 Å². The summed E-state index contributed by atoms with van der Waals surface area (Å²) in [6.07, 6.45) is 2.39. The largest absolute Gasteiger partial charge is 0.483 e. The van der Waals surface area contributed by atoms with Gasteiger partial charge in [0.05, 0.1) is 5.56 Å². The number of benzene rings is 1. The molecule has 1 aromatic heterocycles. The van der Waals surface area contributed by atoms with E-state index in [1.807, 2.05) is 6.26 Å². The van der Waals surface area contributed by atoms with Gasteiger partial charge >= 0.3 is 17.6 Å². The monoisotopic (exact) mass is 444 g/mol. The molecule has 0 N–H and O–H groups in total. The molecule has 7 nitrogen and oxygen atoms in total. The molecule has 1 aliphatic heterocycles. The van der Waals surface area contributed by atoms with Crippen LogP contribution in [-0.4, -0.2) is 29.9 Å². The van der Waals surface area contributed by atoms with Crippen molar-refractivity contribution >= 4 is 34.7 Å². The summed E-state index contributed by atoms with van der Waals surface area (Å²) in [5, 5.41) is 2.21. The van der Waals surface area contributed by atoms with E-state index in [0.29, 0.717) is 16.7 Å². The fourth-order valence-corrected chi connectivity index (χ4v) is 3.61. The maximum atomic E-state index is 12.6. The summed E-state index contributed by atoms with van der Waals surface area (Å²) in [5.41, 5.74) is -0.281. The molecule has 0 bridgehead atoms. The van der Waals surface area contributed by atoms with Gasteiger partial charge in [-0.05, 0) is 57.6 Å². The lowest BCUT2D eigenvalue weighted by molar-refractivity contribution is -0.184. The molecule has 0 radical (unpaired) electrons. The number of carbonyl (C=O) groups is 2. The molecule has 0 amide bonds. The first-order chi connectivity index (χ1) is 14.6. The van der Waals surface area contributed by atoms with Crippen molar-refractivity contribution in [3.8, 4) is 5.75 Å². The van der Waals surface area contributed by atoms with Crippen molar-refractivity contribution < 1.29 is 28.2 Å². The maximum Gasteiger partial charge on any atom is 0.336 e. The third-order valence-electron chi connectivity index (χ3n) is 4.64. The minimum absolute atomic E-state index is 0.219. The molecule has 0 aliphatic carbocycles. The van der Waals surface area contributed by atoms with Gasteiger partial charge in [0, 0.05) is 23.6 Å². The number of thioether (sulfide) groups is 1. The van der Waals surface area contributed by atoms with Gasteiger partial charge in [-0.2, -0.15) is 0 Å². The molecule has 1 aliphatic rings. The Hall–Kier alpha value is -3.00. The summed E-state index contributed by atoms with van der Waals surface area (Å²) < 4.78 is 23.0. The third kappa shape index (κ3) is 5.02. The van der Waals surface area contributed by atoms with Gasteiger partial charge < -0.3 is 18.6 Å². The summed E-state index contributed by atoms with van der Waals surface area (Å²) in [7, 11) is 0. The zero-order chi connectivity index (χ0) is 22.8. The zero-order valence-corrected chi connectivity index (χ0v) is 18.8. The average molecular weight is 445 g/mol. The molecule has 164 valence electrons. The van der Waals surface area contributed by atoms with Crippen LogP contribution in [0.25, 0.3) is 11.0 Å². The Morgan fingerprint density at radius 1 is 1.10 bits per heavy atom. The van der Waals surface area contributed by atoms with E-state index in [0.717, 1.165) is 5.57 Å². The SMILES string of the molecule is CSC=CC(=O)O[C@H]1[C@H](OC(=O)C=C(C)C)c2c(ccc3ccc(=O)oc23)OC1(C)C. The molecule has 0 unspecified atom stereocenters. The van der Waals surface area contributed by atoms with E-state index in [-0.39, 0.29) is 5.58 Å². The number of hydrogen-bond donors (Lipinski definition) is 0. The van der Waals surface area contributed by atoms with Crippen LogP contribution in [0.1, 0.15) is 39.4 Å². The van der Waals surface area contributed by atoms with Crippen molar-refractivity contribution in [2.75, 3.05) is 6.26 Å². The number of ether oxygens (including phenoxy) is 3. The van der Waals surface area contributed by atoms with Gasteiger partial charge in [-0.1, -0.05) is 5.57 Å². The fraction of sp³-hybridized carbons (Fsp3) is 0.348. The lowest BCUT2D eigenvalue weighted by Crippen LogP contribution is -2.52. The second kappa shape index (κ2) is 9.01. The minimum atomic E-state index is -1.05. The number of fused-ring (bicyclic) bond motifs is 3. The van der Waals surface area contributed by atoms with Crippen molar-refractivity contribution in [2.45, 2.75) is 45.5 Å². The van der Waals surface area contributed by atoms with E-state index in [9.17, 15) is 14.4 Å². The predicted molar refractivity (Wildman–Crippen MR) is 118 cm³/mol. The molecular weight excluding hydrogens is 420 g/mol. The standard InChI is InChI=1S/C23H24O7S/c1-13(2)12-18(26)28-21-19-15(8-6-14-7-9-16(24)27-20(14)19)30-23(3,4)22(21)29-17(25)10-11-31-5/h6-12,21-22H,1-5H3/t21-,22+/m1/s1. The summed E-state index contributed by atoms with van der Waals surface area (Å²) >= 11 is 1.35. The lowest BCUT2D eigenvalue weighted by atomic mass is 9.87. The van der Waals surface area contributed by atoms with E-state index in [1.165, 1.54) is 30.0 Å². The normalized spacial score (nSPS) is 19.4. The number of hydrogen-bond acceptors (Lipinski definition) is 8. The van der Waals surface area contributed by atoms with E-state index in [1.54, 1.807) is 51.3 Å². The first-order valence-corrected chi connectivity index (χ1v) is 10.9. The van der Waals surface area contributed by atoms with Crippen LogP contribution in [0.2, 0.25) is 0 Å². The van der Waals surface area contributed by atoms with Gasteiger partial charge in [0.25, 0.3) is 0 Å². The predicted octanol–water partition coefficient (Wildman–Crippen LogP) is 4.30. The molecule has 2 aromatic rings. The molecule has 2 atom stereocenters. The van der Waals surface area contributed by atoms with Gasteiger partial charge in [-0.3, -0.25) is 0 Å². The molecule has 0 spiro atoms. The molecular formula is C23H24O7S. The number of esters is 2. The van der Waals surface area contributed by atoms with Crippen molar-refractivity contribution in [3.05, 3.63) is 63.4 Å². The number of rotatable bonds is 5. The maximum absolute atomic E-state index is 12.6. The van der Waals surface area contributed by atoms with E-state index in [4.69, 9.17) is 18.6 Å². The highest BCUT2D eigenvalue weighted by Crippen LogP contribution is 2.46. The topological polar surface area (TPSA) is 92.0 Å². The quantitative estimate of drug-likeness (QED) is 0.383. The Morgan fingerprint density at radius 2 is 1.81 bits per heavy atom. The minimum Gasteiger partial charge on any atom is -0.483 e. The van der Waals surface area contributed by atoms with Crippen LogP contribution < -0.4 is 10.4 Å². The van der Waals surface area contributed by atoms with E-state index < -0.39 is 35.4 Å². The van der Waals surface area contributed by atoms with Crippen LogP contribution in [0.4, 0.5) is 0 Å². The smallest absolute Gasteiger partial charge is 0.336 e. The molecule has 0 saturated heterocycles. The highest BCUT2D eigenvalue weighted by Gasteiger charge is 2.49. The zero-order valence-electron chi connectivity index (χ0n) is 18.0. The highest BCUT2D eigenvalue weighted by molar-refractivity contribution is 8.01. The lowest BCUT2D eigenvalue weighted by Gasteiger charge is -2.43. The average Bonchev–Trinajstić information content (AvgIpc) is 2.67. The van der Waals surface area contributed by atoms with Gasteiger partial charge in [-0.15, -0.1) is 11.8 Å². The van der Waals surface area contributed by atoms with Crippen LogP contribution in [0.3, 0.4) is 0 Å². The first kappa shape index (κ1) is 22.7. The van der Waals surface area contributed by atoms with Crippen molar-refractivity contribution in [2.24, 2.45) is 0 Å². The second-order valence-electron chi connectivity index (χ2n) is 7.83. The van der Waals surface area contributed by atoms with Crippen molar-refractivity contribution in [1.29, 1.82) is 0 Å². The number of carbonyl (C=O) groups excluding carboxylic acids is 2. The number of allylic oxidation sites excluding steroid dienone is 1. The van der Waals surface area contributed by atoms with E-state index >= 15 is 0 Å². The van der Waals surface area contributed by atoms with Gasteiger partial charge in [0.1, 0.15) is 16.9 Å².